The van der Waals surface area contributed by atoms with Crippen molar-refractivity contribution in [1.82, 2.24) is 5.32 Å². The summed E-state index contributed by atoms with van der Waals surface area (Å²) >= 11 is 0. The summed E-state index contributed by atoms with van der Waals surface area (Å²) in [5.74, 6) is 0.977. The lowest BCUT2D eigenvalue weighted by Gasteiger charge is -2.14. The van der Waals surface area contributed by atoms with E-state index < -0.39 is 0 Å². The summed E-state index contributed by atoms with van der Waals surface area (Å²) in [7, 11) is 1.60. The predicted octanol–water partition coefficient (Wildman–Crippen LogP) is 3.07. The fourth-order valence-electron chi connectivity index (χ4n) is 1.72. The number of ether oxygens (including phenoxy) is 1. The van der Waals surface area contributed by atoms with Gasteiger partial charge in [0.15, 0.2) is 0 Å². The van der Waals surface area contributed by atoms with Gasteiger partial charge in [-0.25, -0.2) is 0 Å². The van der Waals surface area contributed by atoms with Crippen molar-refractivity contribution in [2.75, 3.05) is 7.11 Å². The number of benzene rings is 1. The summed E-state index contributed by atoms with van der Waals surface area (Å²) in [6.45, 7) is 5.07. The maximum atomic E-state index is 9.79. The van der Waals surface area contributed by atoms with Crippen LogP contribution in [0.25, 0.3) is 0 Å². The van der Waals surface area contributed by atoms with E-state index in [-0.39, 0.29) is 0 Å². The lowest BCUT2D eigenvalue weighted by molar-refractivity contribution is 0.405. The summed E-state index contributed by atoms with van der Waals surface area (Å²) in [5, 5.41) is 13.2. The highest BCUT2D eigenvalue weighted by molar-refractivity contribution is 5.39. The molecule has 1 aromatic carbocycles. The van der Waals surface area contributed by atoms with E-state index in [1.54, 1.807) is 13.2 Å². The van der Waals surface area contributed by atoms with Gasteiger partial charge in [-0.2, -0.15) is 0 Å². The van der Waals surface area contributed by atoms with Gasteiger partial charge in [-0.15, -0.1) is 0 Å². The highest BCUT2D eigenvalue weighted by Crippen LogP contribution is 2.23. The minimum atomic E-state index is 0.291. The number of hydrogen-bond donors (Lipinski definition) is 2. The Balaban J connectivity index is 2.46. The van der Waals surface area contributed by atoms with E-state index >= 15 is 0 Å². The molecule has 0 heterocycles. The van der Waals surface area contributed by atoms with E-state index in [1.807, 2.05) is 12.1 Å². The number of rotatable bonds is 7. The SMILES string of the molecule is CCCCC(C)NCc1ccc(OC)cc1O. The second-order valence-electron chi connectivity index (χ2n) is 4.42. The molecule has 0 aromatic heterocycles. The summed E-state index contributed by atoms with van der Waals surface area (Å²) in [4.78, 5) is 0. The van der Waals surface area contributed by atoms with Crippen molar-refractivity contribution < 1.29 is 9.84 Å². The largest absolute Gasteiger partial charge is 0.507 e. The van der Waals surface area contributed by atoms with Gasteiger partial charge in [0.2, 0.25) is 0 Å². The normalized spacial score (nSPS) is 12.4. The molecule has 0 spiro atoms. The molecule has 0 fully saturated rings. The van der Waals surface area contributed by atoms with E-state index in [0.29, 0.717) is 24.1 Å². The van der Waals surface area contributed by atoms with E-state index in [1.165, 1.54) is 19.3 Å². The third-order valence-electron chi connectivity index (χ3n) is 2.92. The molecule has 0 aliphatic heterocycles. The molecular weight excluding hydrogens is 214 g/mol. The number of methoxy groups -OCH3 is 1. The maximum Gasteiger partial charge on any atom is 0.123 e. The van der Waals surface area contributed by atoms with Crippen LogP contribution >= 0.6 is 0 Å². The van der Waals surface area contributed by atoms with Crippen molar-refractivity contribution >= 4 is 0 Å². The van der Waals surface area contributed by atoms with E-state index in [0.717, 1.165) is 5.56 Å². The van der Waals surface area contributed by atoms with Gasteiger partial charge in [0.25, 0.3) is 0 Å². The van der Waals surface area contributed by atoms with Crippen LogP contribution in [0, 0.1) is 0 Å². The topological polar surface area (TPSA) is 41.5 Å². The molecule has 1 aromatic rings. The van der Waals surface area contributed by atoms with Crippen molar-refractivity contribution in [3.63, 3.8) is 0 Å². The van der Waals surface area contributed by atoms with Gasteiger partial charge in [-0.05, 0) is 19.4 Å². The van der Waals surface area contributed by atoms with E-state index in [2.05, 4.69) is 19.2 Å². The second kappa shape index (κ2) is 7.17. The second-order valence-corrected chi connectivity index (χ2v) is 4.42. The highest BCUT2D eigenvalue weighted by atomic mass is 16.5. The molecule has 3 heteroatoms. The number of nitrogens with one attached hydrogen (secondary N) is 1. The smallest absolute Gasteiger partial charge is 0.123 e. The summed E-state index contributed by atoms with van der Waals surface area (Å²) in [5.41, 5.74) is 0.911. The molecule has 0 saturated carbocycles. The Labute approximate surface area is 104 Å². The zero-order valence-corrected chi connectivity index (χ0v) is 11.0. The van der Waals surface area contributed by atoms with Crippen molar-refractivity contribution in [1.29, 1.82) is 0 Å². The molecule has 1 rings (SSSR count). The minimum absolute atomic E-state index is 0.291. The number of unbranched alkanes of at least 4 members (excludes halogenated alkanes) is 1. The quantitative estimate of drug-likeness (QED) is 0.765. The molecular formula is C14H23NO2. The molecule has 0 aliphatic rings. The zero-order chi connectivity index (χ0) is 12.7. The Kier molecular flexibility index (Phi) is 5.84. The maximum absolute atomic E-state index is 9.79. The van der Waals surface area contributed by atoms with Crippen LogP contribution in [-0.2, 0) is 6.54 Å². The van der Waals surface area contributed by atoms with Gasteiger partial charge in [-0.1, -0.05) is 25.8 Å². The van der Waals surface area contributed by atoms with Crippen LogP contribution in [0.15, 0.2) is 18.2 Å². The first kappa shape index (κ1) is 13.8. The molecule has 0 bridgehead atoms. The molecule has 3 nitrogen and oxygen atoms in total. The Hall–Kier alpha value is -1.22. The Morgan fingerprint density at radius 2 is 2.18 bits per heavy atom. The third-order valence-corrected chi connectivity index (χ3v) is 2.92. The number of aromatic hydroxyl groups is 1. The van der Waals surface area contributed by atoms with E-state index in [9.17, 15) is 5.11 Å². The molecule has 96 valence electrons. The Morgan fingerprint density at radius 1 is 1.41 bits per heavy atom. The van der Waals surface area contributed by atoms with Crippen LogP contribution in [0.1, 0.15) is 38.7 Å². The number of hydrogen-bond acceptors (Lipinski definition) is 3. The average Bonchev–Trinajstić information content (AvgIpc) is 2.34. The van der Waals surface area contributed by atoms with Crippen LogP contribution in [0.5, 0.6) is 11.5 Å². The minimum Gasteiger partial charge on any atom is -0.507 e. The van der Waals surface area contributed by atoms with Crippen molar-refractivity contribution in [2.45, 2.75) is 45.7 Å². The monoisotopic (exact) mass is 237 g/mol. The van der Waals surface area contributed by atoms with Crippen molar-refractivity contribution in [2.24, 2.45) is 0 Å². The molecule has 1 unspecified atom stereocenters. The van der Waals surface area contributed by atoms with Crippen LogP contribution in [0.4, 0.5) is 0 Å². The Bertz CT molecular complexity index is 339. The zero-order valence-electron chi connectivity index (χ0n) is 11.0. The molecule has 0 saturated heterocycles. The molecule has 0 radical (unpaired) electrons. The van der Waals surface area contributed by atoms with Crippen LogP contribution < -0.4 is 10.1 Å². The number of phenols is 1. The van der Waals surface area contributed by atoms with Crippen LogP contribution in [0.2, 0.25) is 0 Å². The molecule has 0 aliphatic carbocycles. The van der Waals surface area contributed by atoms with Crippen molar-refractivity contribution in [3.8, 4) is 11.5 Å². The standard InChI is InChI=1S/C14H23NO2/c1-4-5-6-11(2)15-10-12-7-8-13(17-3)9-14(12)16/h7-9,11,15-16H,4-6,10H2,1-3H3. The summed E-state index contributed by atoms with van der Waals surface area (Å²) in [6, 6.07) is 5.89. The van der Waals surface area contributed by atoms with Gasteiger partial charge < -0.3 is 15.2 Å². The first-order valence-corrected chi connectivity index (χ1v) is 6.26. The predicted molar refractivity (Wildman–Crippen MR) is 70.5 cm³/mol. The van der Waals surface area contributed by atoms with Gasteiger partial charge in [0.05, 0.1) is 7.11 Å². The fraction of sp³-hybridized carbons (Fsp3) is 0.571. The molecule has 0 amide bonds. The van der Waals surface area contributed by atoms with Gasteiger partial charge >= 0.3 is 0 Å². The first-order valence-electron chi connectivity index (χ1n) is 6.26. The summed E-state index contributed by atoms with van der Waals surface area (Å²) < 4.78 is 5.05. The molecule has 17 heavy (non-hydrogen) atoms. The Morgan fingerprint density at radius 3 is 2.76 bits per heavy atom. The lowest BCUT2D eigenvalue weighted by atomic mass is 10.1. The molecule has 2 N–H and O–H groups in total. The summed E-state index contributed by atoms with van der Waals surface area (Å²) in [6.07, 6.45) is 3.63. The fourth-order valence-corrected chi connectivity index (χ4v) is 1.72. The number of phenolic OH excluding ortho intramolecular Hbond substituents is 1. The molecule has 1 atom stereocenters. The third kappa shape index (κ3) is 4.65. The van der Waals surface area contributed by atoms with Gasteiger partial charge in [0, 0.05) is 24.2 Å². The van der Waals surface area contributed by atoms with Crippen LogP contribution in [-0.4, -0.2) is 18.3 Å². The van der Waals surface area contributed by atoms with Gasteiger partial charge in [-0.3, -0.25) is 0 Å². The van der Waals surface area contributed by atoms with Crippen molar-refractivity contribution in [3.05, 3.63) is 23.8 Å². The highest BCUT2D eigenvalue weighted by Gasteiger charge is 2.05. The van der Waals surface area contributed by atoms with E-state index in [4.69, 9.17) is 4.74 Å². The first-order chi connectivity index (χ1) is 8.17. The van der Waals surface area contributed by atoms with Crippen LogP contribution in [0.3, 0.4) is 0 Å². The van der Waals surface area contributed by atoms with Gasteiger partial charge in [0.1, 0.15) is 11.5 Å². The average molecular weight is 237 g/mol. The lowest BCUT2D eigenvalue weighted by Crippen LogP contribution is -2.25.